The zero-order valence-corrected chi connectivity index (χ0v) is 12.4. The summed E-state index contributed by atoms with van der Waals surface area (Å²) in [4.78, 5) is -1.29. The van der Waals surface area contributed by atoms with E-state index in [1.54, 1.807) is 13.8 Å². The first-order chi connectivity index (χ1) is 8.48. The molecule has 0 aromatic heterocycles. The van der Waals surface area contributed by atoms with Crippen molar-refractivity contribution in [1.82, 2.24) is 0 Å². The van der Waals surface area contributed by atoms with Crippen molar-refractivity contribution in [1.29, 1.82) is 0 Å². The van der Waals surface area contributed by atoms with Crippen LogP contribution in [0, 0.1) is 5.82 Å². The molecule has 1 aromatic carbocycles. The third-order valence-electron chi connectivity index (χ3n) is 2.75. The number of halogens is 5. The Hall–Kier alpha value is -0.630. The molecule has 19 heavy (non-hydrogen) atoms. The largest absolute Gasteiger partial charge is 0.501 e. The quantitative estimate of drug-likeness (QED) is 0.601. The molecule has 0 heterocycles. The maximum Gasteiger partial charge on any atom is 0.501 e. The summed E-state index contributed by atoms with van der Waals surface area (Å²) in [6.45, 7) is 3.22. The number of hydrogen-bond acceptors (Lipinski definition) is 2. The van der Waals surface area contributed by atoms with Crippen LogP contribution in [0.25, 0.3) is 0 Å². The molecule has 2 unspecified atom stereocenters. The summed E-state index contributed by atoms with van der Waals surface area (Å²) in [6.07, 6.45) is 0. The van der Waals surface area contributed by atoms with Crippen molar-refractivity contribution in [3.8, 4) is 0 Å². The van der Waals surface area contributed by atoms with Gasteiger partial charge in [0.15, 0.2) is 0 Å². The number of alkyl halides is 4. The predicted octanol–water partition coefficient (Wildman–Crippen LogP) is 4.01. The van der Waals surface area contributed by atoms with Gasteiger partial charge in [0.2, 0.25) is 0 Å². The van der Waals surface area contributed by atoms with E-state index in [2.05, 4.69) is 15.9 Å². The number of rotatable bonds is 3. The summed E-state index contributed by atoms with van der Waals surface area (Å²) in [7, 11) is -5.57. The first-order valence-corrected chi connectivity index (χ1v) is 7.63. The van der Waals surface area contributed by atoms with Crippen molar-refractivity contribution in [3.05, 3.63) is 29.6 Å². The van der Waals surface area contributed by atoms with Gasteiger partial charge in [0, 0.05) is 4.83 Å². The molecule has 0 fully saturated rings. The Morgan fingerprint density at radius 3 is 2.16 bits per heavy atom. The van der Waals surface area contributed by atoms with Gasteiger partial charge in [-0.3, -0.25) is 0 Å². The van der Waals surface area contributed by atoms with Gasteiger partial charge in [-0.2, -0.15) is 13.2 Å². The Kier molecular flexibility index (Phi) is 4.66. The van der Waals surface area contributed by atoms with Crippen molar-refractivity contribution in [2.75, 3.05) is 0 Å². The fraction of sp³-hybridized carbons (Fsp3) is 0.455. The second-order valence-electron chi connectivity index (χ2n) is 4.10. The Bertz CT molecular complexity index is 567. The number of hydrogen-bond donors (Lipinski definition) is 0. The van der Waals surface area contributed by atoms with Gasteiger partial charge >= 0.3 is 5.51 Å². The lowest BCUT2D eigenvalue weighted by molar-refractivity contribution is -0.0436. The molecule has 0 radical (unpaired) electrons. The fourth-order valence-corrected chi connectivity index (χ4v) is 2.86. The smallest absolute Gasteiger partial charge is 0.214 e. The molecule has 108 valence electrons. The predicted molar refractivity (Wildman–Crippen MR) is 66.4 cm³/mol. The van der Waals surface area contributed by atoms with Crippen LogP contribution < -0.4 is 0 Å². The second-order valence-corrected chi connectivity index (χ2v) is 7.45. The van der Waals surface area contributed by atoms with Crippen LogP contribution in [0.1, 0.15) is 25.3 Å². The van der Waals surface area contributed by atoms with Gasteiger partial charge in [0.25, 0.3) is 9.84 Å². The molecule has 0 bridgehead atoms. The Balaban J connectivity index is 3.55. The van der Waals surface area contributed by atoms with Crippen molar-refractivity contribution in [2.24, 2.45) is 0 Å². The van der Waals surface area contributed by atoms with E-state index in [0.29, 0.717) is 6.07 Å². The van der Waals surface area contributed by atoms with Crippen LogP contribution in [-0.4, -0.2) is 18.8 Å². The van der Waals surface area contributed by atoms with Gasteiger partial charge in [-0.15, -0.1) is 0 Å². The zero-order chi connectivity index (χ0) is 15.0. The monoisotopic (exact) mass is 362 g/mol. The minimum absolute atomic E-state index is 0.0666. The van der Waals surface area contributed by atoms with Crippen LogP contribution in [0.2, 0.25) is 0 Å². The minimum Gasteiger partial charge on any atom is -0.214 e. The third-order valence-corrected chi connectivity index (χ3v) is 5.08. The summed E-state index contributed by atoms with van der Waals surface area (Å²) in [5.41, 5.74) is -5.52. The molecule has 1 rings (SSSR count). The number of benzene rings is 1. The Morgan fingerprint density at radius 1 is 1.21 bits per heavy atom. The lowest BCUT2D eigenvalue weighted by Gasteiger charge is -2.19. The molecule has 0 saturated carbocycles. The van der Waals surface area contributed by atoms with E-state index in [-0.39, 0.29) is 10.4 Å². The highest BCUT2D eigenvalue weighted by Crippen LogP contribution is 2.37. The van der Waals surface area contributed by atoms with Gasteiger partial charge < -0.3 is 0 Å². The van der Waals surface area contributed by atoms with E-state index >= 15 is 0 Å². The van der Waals surface area contributed by atoms with E-state index in [1.807, 2.05) is 0 Å². The average Bonchev–Trinajstić information content (AvgIpc) is 2.26. The van der Waals surface area contributed by atoms with E-state index in [0.717, 1.165) is 12.1 Å². The minimum atomic E-state index is -5.57. The highest BCUT2D eigenvalue weighted by molar-refractivity contribution is 9.09. The van der Waals surface area contributed by atoms with Crippen LogP contribution in [0.15, 0.2) is 23.1 Å². The summed E-state index contributed by atoms with van der Waals surface area (Å²) in [5.74, 6) is -1.55. The molecule has 0 N–H and O–H groups in total. The lowest BCUT2D eigenvalue weighted by atomic mass is 9.98. The molecular weight excluding hydrogens is 352 g/mol. The highest BCUT2D eigenvalue weighted by atomic mass is 79.9. The van der Waals surface area contributed by atoms with Gasteiger partial charge in [-0.25, -0.2) is 12.8 Å². The maximum atomic E-state index is 13.1. The van der Waals surface area contributed by atoms with Crippen molar-refractivity contribution in [2.45, 2.75) is 35.0 Å². The summed E-state index contributed by atoms with van der Waals surface area (Å²) in [6, 6.07) is 2.41. The summed E-state index contributed by atoms with van der Waals surface area (Å²) < 4.78 is 73.7. The molecule has 2 nitrogen and oxygen atoms in total. The van der Waals surface area contributed by atoms with Gasteiger partial charge in [0.1, 0.15) is 5.82 Å². The molecule has 0 spiro atoms. The SMILES string of the molecule is CC(Br)C(C)c1ccc(F)cc1S(=O)(=O)C(F)(F)F. The molecule has 2 atom stereocenters. The highest BCUT2D eigenvalue weighted by Gasteiger charge is 2.48. The lowest BCUT2D eigenvalue weighted by Crippen LogP contribution is -2.25. The van der Waals surface area contributed by atoms with Gasteiger partial charge in [0.05, 0.1) is 4.90 Å². The summed E-state index contributed by atoms with van der Waals surface area (Å²) in [5, 5.41) is 0. The fourth-order valence-electron chi connectivity index (χ4n) is 1.49. The molecule has 1 aromatic rings. The second kappa shape index (κ2) is 5.40. The normalized spacial score (nSPS) is 16.2. The molecular formula is C11H11BrF4O2S. The third kappa shape index (κ3) is 3.28. The zero-order valence-electron chi connectivity index (χ0n) is 10.0. The Labute approximate surface area is 116 Å². The van der Waals surface area contributed by atoms with E-state index < -0.39 is 32.0 Å². The van der Waals surface area contributed by atoms with E-state index in [9.17, 15) is 26.0 Å². The first-order valence-electron chi connectivity index (χ1n) is 5.23. The number of sulfone groups is 1. The van der Waals surface area contributed by atoms with Crippen LogP contribution in [-0.2, 0) is 9.84 Å². The van der Waals surface area contributed by atoms with Gasteiger partial charge in [-0.05, 0) is 23.6 Å². The van der Waals surface area contributed by atoms with Crippen molar-refractivity contribution >= 4 is 25.8 Å². The van der Waals surface area contributed by atoms with Crippen LogP contribution >= 0.6 is 15.9 Å². The maximum absolute atomic E-state index is 13.1. The van der Waals surface area contributed by atoms with Crippen LogP contribution in [0.5, 0.6) is 0 Å². The molecule has 0 aliphatic carbocycles. The average molecular weight is 363 g/mol. The first kappa shape index (κ1) is 16.4. The summed E-state index contributed by atoms with van der Waals surface area (Å²) >= 11 is 3.18. The van der Waals surface area contributed by atoms with Gasteiger partial charge in [-0.1, -0.05) is 35.8 Å². The van der Waals surface area contributed by atoms with Crippen LogP contribution in [0.4, 0.5) is 17.6 Å². The Morgan fingerprint density at radius 2 is 1.74 bits per heavy atom. The van der Waals surface area contributed by atoms with Crippen molar-refractivity contribution < 1.29 is 26.0 Å². The molecule has 8 heteroatoms. The van der Waals surface area contributed by atoms with E-state index in [4.69, 9.17) is 0 Å². The standard InChI is InChI=1S/C11H11BrF4O2S/c1-6(7(2)12)9-4-3-8(13)5-10(9)19(17,18)11(14,15)16/h3-7H,1-2H3. The molecule has 0 aliphatic heterocycles. The molecule has 0 saturated heterocycles. The molecule has 0 aliphatic rings. The van der Waals surface area contributed by atoms with E-state index in [1.165, 1.54) is 0 Å². The van der Waals surface area contributed by atoms with Crippen LogP contribution in [0.3, 0.4) is 0 Å². The molecule has 0 amide bonds. The van der Waals surface area contributed by atoms with Crippen molar-refractivity contribution in [3.63, 3.8) is 0 Å². The topological polar surface area (TPSA) is 34.1 Å².